The summed E-state index contributed by atoms with van der Waals surface area (Å²) < 4.78 is 22.7. The Bertz CT molecular complexity index is 278. The maximum Gasteiger partial charge on any atom is 0.188 e. The van der Waals surface area contributed by atoms with Gasteiger partial charge in [-0.3, -0.25) is 0 Å². The minimum atomic E-state index is -0.309. The molecule has 0 bridgehead atoms. The van der Waals surface area contributed by atoms with E-state index in [-0.39, 0.29) is 12.6 Å². The Kier molecular flexibility index (Phi) is 4.18. The second-order valence-electron chi connectivity index (χ2n) is 2.44. The molecule has 0 fully saturated rings. The van der Waals surface area contributed by atoms with Crippen molar-refractivity contribution >= 4 is 15.9 Å². The molecule has 0 N–H and O–H groups in total. The smallest absolute Gasteiger partial charge is 0.188 e. The van der Waals surface area contributed by atoms with Crippen molar-refractivity contribution in [2.45, 2.75) is 5.33 Å². The molecule has 4 heteroatoms. The third kappa shape index (κ3) is 2.97. The van der Waals surface area contributed by atoms with Gasteiger partial charge in [0.25, 0.3) is 0 Å². The van der Waals surface area contributed by atoms with Crippen molar-refractivity contribution in [3.05, 3.63) is 29.6 Å². The first kappa shape index (κ1) is 10.5. The number of hydrogen-bond acceptors (Lipinski definition) is 2. The zero-order valence-electron chi connectivity index (χ0n) is 7.22. The third-order valence-corrected chi connectivity index (χ3v) is 2.11. The summed E-state index contributed by atoms with van der Waals surface area (Å²) in [6, 6.07) is 4.42. The molecule has 2 nitrogen and oxygen atoms in total. The van der Waals surface area contributed by atoms with Crippen molar-refractivity contribution in [2.75, 3.05) is 13.9 Å². The van der Waals surface area contributed by atoms with Crippen molar-refractivity contribution < 1.29 is 13.9 Å². The zero-order valence-corrected chi connectivity index (χ0v) is 8.80. The van der Waals surface area contributed by atoms with Crippen LogP contribution in [0.15, 0.2) is 18.2 Å². The average molecular weight is 249 g/mol. The van der Waals surface area contributed by atoms with Crippen LogP contribution in [0.4, 0.5) is 4.39 Å². The van der Waals surface area contributed by atoms with Crippen molar-refractivity contribution in [1.29, 1.82) is 0 Å². The Morgan fingerprint density at radius 1 is 1.46 bits per heavy atom. The van der Waals surface area contributed by atoms with Crippen LogP contribution < -0.4 is 4.74 Å². The predicted molar refractivity (Wildman–Crippen MR) is 51.5 cm³/mol. The number of benzene rings is 1. The van der Waals surface area contributed by atoms with Gasteiger partial charge >= 0.3 is 0 Å². The number of halogens is 2. The molecular weight excluding hydrogens is 239 g/mol. The predicted octanol–water partition coefficient (Wildman–Crippen LogP) is 2.70. The van der Waals surface area contributed by atoms with E-state index in [4.69, 9.17) is 9.47 Å². The summed E-state index contributed by atoms with van der Waals surface area (Å²) in [6.45, 7) is 0.128. The van der Waals surface area contributed by atoms with Crippen LogP contribution in [-0.2, 0) is 10.1 Å². The second-order valence-corrected chi connectivity index (χ2v) is 3.00. The Morgan fingerprint density at radius 3 is 2.85 bits per heavy atom. The van der Waals surface area contributed by atoms with Crippen LogP contribution in [-0.4, -0.2) is 13.9 Å². The lowest BCUT2D eigenvalue weighted by atomic mass is 10.2. The fraction of sp³-hybridized carbons (Fsp3) is 0.333. The molecule has 0 saturated carbocycles. The molecule has 0 spiro atoms. The van der Waals surface area contributed by atoms with E-state index in [2.05, 4.69) is 15.9 Å². The van der Waals surface area contributed by atoms with Crippen LogP contribution in [0.5, 0.6) is 5.75 Å². The lowest BCUT2D eigenvalue weighted by Crippen LogP contribution is -2.01. The maximum absolute atomic E-state index is 12.8. The van der Waals surface area contributed by atoms with E-state index in [1.54, 1.807) is 6.07 Å². The molecular formula is C9H10BrFO2. The van der Waals surface area contributed by atoms with E-state index in [1.165, 1.54) is 19.2 Å². The maximum atomic E-state index is 12.8. The van der Waals surface area contributed by atoms with E-state index < -0.39 is 0 Å². The molecule has 0 aliphatic rings. The van der Waals surface area contributed by atoms with E-state index in [1.807, 2.05) is 0 Å². The summed E-state index contributed by atoms with van der Waals surface area (Å²) in [7, 11) is 1.52. The van der Waals surface area contributed by atoms with Crippen molar-refractivity contribution in [1.82, 2.24) is 0 Å². The molecule has 0 amide bonds. The summed E-state index contributed by atoms with van der Waals surface area (Å²) in [5.41, 5.74) is 0.901. The van der Waals surface area contributed by atoms with E-state index >= 15 is 0 Å². The molecule has 1 rings (SSSR count). The zero-order chi connectivity index (χ0) is 9.68. The summed E-state index contributed by atoms with van der Waals surface area (Å²) in [5.74, 6) is 0.203. The molecule has 13 heavy (non-hydrogen) atoms. The van der Waals surface area contributed by atoms with Gasteiger partial charge in [-0.2, -0.15) is 0 Å². The first-order valence-electron chi connectivity index (χ1n) is 3.74. The largest absolute Gasteiger partial charge is 0.467 e. The van der Waals surface area contributed by atoms with Gasteiger partial charge in [-0.15, -0.1) is 0 Å². The molecule has 0 unspecified atom stereocenters. The van der Waals surface area contributed by atoms with Crippen LogP contribution >= 0.6 is 15.9 Å². The summed E-state index contributed by atoms with van der Waals surface area (Å²) in [5, 5.41) is 0.631. The van der Waals surface area contributed by atoms with Crippen LogP contribution in [0, 0.1) is 5.82 Å². The average Bonchev–Trinajstić information content (AvgIpc) is 2.15. The Hall–Kier alpha value is -0.610. The van der Waals surface area contributed by atoms with Crippen LogP contribution in [0.3, 0.4) is 0 Å². The van der Waals surface area contributed by atoms with Gasteiger partial charge < -0.3 is 9.47 Å². The Morgan fingerprint density at radius 2 is 2.23 bits per heavy atom. The number of alkyl halides is 1. The molecule has 0 radical (unpaired) electrons. The van der Waals surface area contributed by atoms with Gasteiger partial charge in [0.2, 0.25) is 0 Å². The fourth-order valence-corrected chi connectivity index (χ4v) is 1.36. The van der Waals surface area contributed by atoms with Gasteiger partial charge in [-0.05, 0) is 6.07 Å². The minimum Gasteiger partial charge on any atom is -0.467 e. The summed E-state index contributed by atoms with van der Waals surface area (Å²) >= 11 is 3.28. The van der Waals surface area contributed by atoms with Gasteiger partial charge in [0.1, 0.15) is 11.6 Å². The molecule has 0 atom stereocenters. The molecule has 0 aromatic heterocycles. The highest BCUT2D eigenvalue weighted by atomic mass is 79.9. The van der Waals surface area contributed by atoms with E-state index in [0.29, 0.717) is 11.1 Å². The molecule has 0 saturated heterocycles. The van der Waals surface area contributed by atoms with Crippen LogP contribution in [0.25, 0.3) is 0 Å². The molecule has 1 aromatic rings. The van der Waals surface area contributed by atoms with Crippen molar-refractivity contribution in [3.63, 3.8) is 0 Å². The number of rotatable bonds is 4. The topological polar surface area (TPSA) is 18.5 Å². The third-order valence-electron chi connectivity index (χ3n) is 1.51. The molecule has 72 valence electrons. The highest BCUT2D eigenvalue weighted by Gasteiger charge is 2.03. The van der Waals surface area contributed by atoms with Crippen molar-refractivity contribution in [3.8, 4) is 5.75 Å². The van der Waals surface area contributed by atoms with Crippen LogP contribution in [0.1, 0.15) is 5.56 Å². The van der Waals surface area contributed by atoms with Gasteiger partial charge in [0.05, 0.1) is 0 Å². The van der Waals surface area contributed by atoms with Crippen LogP contribution in [0.2, 0.25) is 0 Å². The van der Waals surface area contributed by atoms with Gasteiger partial charge in [0.15, 0.2) is 6.79 Å². The number of hydrogen-bond donors (Lipinski definition) is 0. The fourth-order valence-electron chi connectivity index (χ4n) is 0.896. The van der Waals surface area contributed by atoms with Gasteiger partial charge in [-0.1, -0.05) is 22.0 Å². The minimum absolute atomic E-state index is 0.128. The Labute approximate surface area is 84.8 Å². The normalized spacial score (nSPS) is 10.1. The van der Waals surface area contributed by atoms with Crippen molar-refractivity contribution in [2.24, 2.45) is 0 Å². The molecule has 0 aliphatic carbocycles. The number of methoxy groups -OCH3 is 1. The quantitative estimate of drug-likeness (QED) is 0.603. The molecule has 0 aliphatic heterocycles. The van der Waals surface area contributed by atoms with Gasteiger partial charge in [0, 0.05) is 24.1 Å². The van der Waals surface area contributed by atoms with E-state index in [0.717, 1.165) is 5.56 Å². The van der Waals surface area contributed by atoms with E-state index in [9.17, 15) is 4.39 Å². The summed E-state index contributed by atoms with van der Waals surface area (Å²) in [4.78, 5) is 0. The highest BCUT2D eigenvalue weighted by molar-refractivity contribution is 9.08. The SMILES string of the molecule is COCOc1cc(F)ccc1CBr. The highest BCUT2D eigenvalue weighted by Crippen LogP contribution is 2.22. The second kappa shape index (κ2) is 5.19. The monoisotopic (exact) mass is 248 g/mol. The first-order valence-corrected chi connectivity index (χ1v) is 4.86. The standard InChI is InChI=1S/C9H10BrFO2/c1-12-6-13-9-4-8(11)3-2-7(9)5-10/h2-4H,5-6H2,1H3. The molecule has 1 aromatic carbocycles. The molecule has 0 heterocycles. The number of ether oxygens (including phenoxy) is 2. The summed E-state index contributed by atoms with van der Waals surface area (Å²) in [6.07, 6.45) is 0. The van der Waals surface area contributed by atoms with Gasteiger partial charge in [-0.25, -0.2) is 4.39 Å². The Balaban J connectivity index is 2.81. The lowest BCUT2D eigenvalue weighted by molar-refractivity contribution is 0.0504. The lowest BCUT2D eigenvalue weighted by Gasteiger charge is -2.08. The first-order chi connectivity index (χ1) is 6.27.